The zero-order valence-electron chi connectivity index (χ0n) is 11.2. The number of sulfonamides is 1. The van der Waals surface area contributed by atoms with Crippen LogP contribution in [-0.4, -0.2) is 18.5 Å². The van der Waals surface area contributed by atoms with Crippen LogP contribution in [0.2, 0.25) is 0 Å². The van der Waals surface area contributed by atoms with Gasteiger partial charge in [-0.1, -0.05) is 18.2 Å². The minimum atomic E-state index is -3.78. The Morgan fingerprint density at radius 2 is 1.86 bits per heavy atom. The zero-order valence-corrected chi connectivity index (χ0v) is 13.6. The highest BCUT2D eigenvalue weighted by Gasteiger charge is 2.15. The summed E-state index contributed by atoms with van der Waals surface area (Å²) >= 11 is 3.40. The van der Waals surface area contributed by atoms with Crippen LogP contribution in [0, 0.1) is 0 Å². The molecule has 3 rings (SSSR count). The number of aromatic nitrogens is 1. The third kappa shape index (κ3) is 2.90. The first-order chi connectivity index (χ1) is 10.5. The second-order valence-electron chi connectivity index (χ2n) is 4.64. The van der Waals surface area contributed by atoms with Crippen molar-refractivity contribution in [1.29, 1.82) is 0 Å². The van der Waals surface area contributed by atoms with Crippen molar-refractivity contribution in [3.63, 3.8) is 0 Å². The van der Waals surface area contributed by atoms with Crippen LogP contribution in [0.25, 0.3) is 10.9 Å². The van der Waals surface area contributed by atoms with Crippen LogP contribution < -0.4 is 4.72 Å². The SMILES string of the molecule is O=S(=O)(Nc1cnc2c(Br)cccc2c1)c1cccc(O)c1. The van der Waals surface area contributed by atoms with Crippen molar-refractivity contribution in [3.05, 3.63) is 59.2 Å². The Balaban J connectivity index is 1.99. The van der Waals surface area contributed by atoms with E-state index in [1.54, 1.807) is 6.07 Å². The van der Waals surface area contributed by atoms with Crippen molar-refractivity contribution in [1.82, 2.24) is 4.98 Å². The number of aromatic hydroxyl groups is 1. The molecule has 0 unspecified atom stereocenters. The lowest BCUT2D eigenvalue weighted by Gasteiger charge is -2.09. The standard InChI is InChI=1S/C15H11BrN2O3S/c16-14-6-1-3-10-7-11(9-17-15(10)14)18-22(20,21)13-5-2-4-12(19)8-13/h1-9,18-19H. The number of nitrogens with zero attached hydrogens (tertiary/aromatic N) is 1. The van der Waals surface area contributed by atoms with E-state index in [1.807, 2.05) is 18.2 Å². The predicted octanol–water partition coefficient (Wildman–Crippen LogP) is 3.50. The molecule has 112 valence electrons. The van der Waals surface area contributed by atoms with Gasteiger partial charge in [0.2, 0.25) is 0 Å². The fourth-order valence-corrected chi connectivity index (χ4v) is 3.60. The number of halogens is 1. The van der Waals surface area contributed by atoms with E-state index in [0.717, 1.165) is 15.4 Å². The normalized spacial score (nSPS) is 11.5. The Morgan fingerprint density at radius 3 is 2.64 bits per heavy atom. The van der Waals surface area contributed by atoms with Crippen LogP contribution >= 0.6 is 15.9 Å². The molecule has 1 aromatic heterocycles. The molecule has 0 bridgehead atoms. The van der Waals surface area contributed by atoms with Gasteiger partial charge >= 0.3 is 0 Å². The molecule has 5 nitrogen and oxygen atoms in total. The maximum atomic E-state index is 12.3. The van der Waals surface area contributed by atoms with Gasteiger partial charge in [0.15, 0.2) is 0 Å². The molecule has 0 aliphatic carbocycles. The summed E-state index contributed by atoms with van der Waals surface area (Å²) in [6, 6.07) is 12.7. The van der Waals surface area contributed by atoms with Crippen molar-refractivity contribution >= 4 is 42.5 Å². The maximum absolute atomic E-state index is 12.3. The average molecular weight is 379 g/mol. The maximum Gasteiger partial charge on any atom is 0.262 e. The number of hydrogen-bond donors (Lipinski definition) is 2. The van der Waals surface area contributed by atoms with E-state index in [2.05, 4.69) is 25.6 Å². The van der Waals surface area contributed by atoms with Gasteiger partial charge in [0.1, 0.15) is 5.75 Å². The minimum Gasteiger partial charge on any atom is -0.508 e. The second-order valence-corrected chi connectivity index (χ2v) is 7.18. The highest BCUT2D eigenvalue weighted by Crippen LogP contribution is 2.25. The third-order valence-electron chi connectivity index (χ3n) is 3.04. The van der Waals surface area contributed by atoms with E-state index in [-0.39, 0.29) is 10.6 Å². The monoisotopic (exact) mass is 378 g/mol. The van der Waals surface area contributed by atoms with Gasteiger partial charge in [0.05, 0.1) is 22.3 Å². The van der Waals surface area contributed by atoms with Gasteiger partial charge in [-0.3, -0.25) is 9.71 Å². The number of hydrogen-bond acceptors (Lipinski definition) is 4. The van der Waals surface area contributed by atoms with Crippen LogP contribution in [0.1, 0.15) is 0 Å². The molecule has 2 N–H and O–H groups in total. The molecule has 0 spiro atoms. The number of rotatable bonds is 3. The van der Waals surface area contributed by atoms with E-state index in [4.69, 9.17) is 0 Å². The first-order valence-corrected chi connectivity index (χ1v) is 8.59. The molecular formula is C15H11BrN2O3S. The van der Waals surface area contributed by atoms with E-state index >= 15 is 0 Å². The van der Waals surface area contributed by atoms with Gasteiger partial charge in [0.25, 0.3) is 10.0 Å². The van der Waals surface area contributed by atoms with Crippen LogP contribution in [0.4, 0.5) is 5.69 Å². The summed E-state index contributed by atoms with van der Waals surface area (Å²) in [6.45, 7) is 0. The van der Waals surface area contributed by atoms with Crippen molar-refractivity contribution in [2.24, 2.45) is 0 Å². The lowest BCUT2D eigenvalue weighted by molar-refractivity contribution is 0.473. The molecule has 0 aliphatic rings. The molecule has 0 saturated carbocycles. The fraction of sp³-hybridized carbons (Fsp3) is 0. The van der Waals surface area contributed by atoms with Gasteiger partial charge in [-0.2, -0.15) is 0 Å². The topological polar surface area (TPSA) is 79.3 Å². The first kappa shape index (κ1) is 14.8. The van der Waals surface area contributed by atoms with Gasteiger partial charge in [-0.25, -0.2) is 8.42 Å². The molecule has 0 amide bonds. The smallest absolute Gasteiger partial charge is 0.262 e. The van der Waals surface area contributed by atoms with E-state index < -0.39 is 10.0 Å². The molecule has 0 radical (unpaired) electrons. The average Bonchev–Trinajstić information content (AvgIpc) is 2.47. The van der Waals surface area contributed by atoms with Crippen LogP contribution in [0.5, 0.6) is 5.75 Å². The number of pyridine rings is 1. The number of fused-ring (bicyclic) bond motifs is 1. The molecule has 3 aromatic rings. The summed E-state index contributed by atoms with van der Waals surface area (Å²) in [5.41, 5.74) is 1.11. The number of benzene rings is 2. The summed E-state index contributed by atoms with van der Waals surface area (Å²) in [7, 11) is -3.78. The Labute approximate surface area is 135 Å². The molecule has 0 fully saturated rings. The quantitative estimate of drug-likeness (QED) is 0.730. The third-order valence-corrected chi connectivity index (χ3v) is 5.06. The van der Waals surface area contributed by atoms with Crippen molar-refractivity contribution in [3.8, 4) is 5.75 Å². The van der Waals surface area contributed by atoms with Gasteiger partial charge in [-0.15, -0.1) is 0 Å². The number of anilines is 1. The number of phenols is 1. The van der Waals surface area contributed by atoms with Crippen LogP contribution in [0.3, 0.4) is 0 Å². The number of phenolic OH excluding ortho intramolecular Hbond substituents is 1. The first-order valence-electron chi connectivity index (χ1n) is 6.32. The minimum absolute atomic E-state index is 0.0122. The Kier molecular flexibility index (Phi) is 3.76. The van der Waals surface area contributed by atoms with Crippen LogP contribution in [-0.2, 0) is 10.0 Å². The number of para-hydroxylation sites is 1. The lowest BCUT2D eigenvalue weighted by Crippen LogP contribution is -2.13. The molecule has 2 aromatic carbocycles. The van der Waals surface area contributed by atoms with Crippen LogP contribution in [0.15, 0.2) is 64.1 Å². The molecule has 7 heteroatoms. The molecule has 1 heterocycles. The van der Waals surface area contributed by atoms with Crippen molar-refractivity contribution in [2.45, 2.75) is 4.90 Å². The Morgan fingerprint density at radius 1 is 1.09 bits per heavy atom. The van der Waals surface area contributed by atoms with Crippen molar-refractivity contribution in [2.75, 3.05) is 4.72 Å². The molecule has 0 saturated heterocycles. The Hall–Kier alpha value is -2.12. The summed E-state index contributed by atoms with van der Waals surface area (Å²) in [5, 5.41) is 10.2. The van der Waals surface area contributed by atoms with Gasteiger partial charge in [0, 0.05) is 15.9 Å². The van der Waals surface area contributed by atoms with Crippen molar-refractivity contribution < 1.29 is 13.5 Å². The summed E-state index contributed by atoms with van der Waals surface area (Å²) in [5.74, 6) is -0.108. The number of nitrogens with one attached hydrogen (secondary N) is 1. The molecule has 0 atom stereocenters. The second kappa shape index (κ2) is 5.58. The lowest BCUT2D eigenvalue weighted by atomic mass is 10.2. The Bertz CT molecular complexity index is 958. The summed E-state index contributed by atoms with van der Waals surface area (Å²) in [4.78, 5) is 4.24. The van der Waals surface area contributed by atoms with Gasteiger partial charge < -0.3 is 5.11 Å². The molecule has 22 heavy (non-hydrogen) atoms. The summed E-state index contributed by atoms with van der Waals surface area (Å²) < 4.78 is 27.9. The van der Waals surface area contributed by atoms with E-state index in [0.29, 0.717) is 5.69 Å². The highest BCUT2D eigenvalue weighted by atomic mass is 79.9. The summed E-state index contributed by atoms with van der Waals surface area (Å²) in [6.07, 6.45) is 1.45. The highest BCUT2D eigenvalue weighted by molar-refractivity contribution is 9.10. The van der Waals surface area contributed by atoms with E-state index in [1.165, 1.54) is 30.5 Å². The van der Waals surface area contributed by atoms with E-state index in [9.17, 15) is 13.5 Å². The fourth-order valence-electron chi connectivity index (χ4n) is 2.04. The largest absolute Gasteiger partial charge is 0.508 e. The molecular weight excluding hydrogens is 368 g/mol. The predicted molar refractivity (Wildman–Crippen MR) is 88.4 cm³/mol. The zero-order chi connectivity index (χ0) is 15.7. The molecule has 0 aliphatic heterocycles. The van der Waals surface area contributed by atoms with Gasteiger partial charge in [-0.05, 0) is 40.2 Å².